The molecular formula is C34H42N8O2. The summed E-state index contributed by atoms with van der Waals surface area (Å²) in [5.74, 6) is 0.941. The minimum atomic E-state index is -0.0720. The number of nitrogens with two attached hydrogens (primary N) is 1. The van der Waals surface area contributed by atoms with Gasteiger partial charge in [-0.1, -0.05) is 30.3 Å². The average Bonchev–Trinajstić information content (AvgIpc) is 3.46. The van der Waals surface area contributed by atoms with Crippen molar-refractivity contribution in [3.05, 3.63) is 59.9 Å². The van der Waals surface area contributed by atoms with Gasteiger partial charge in [-0.05, 0) is 75.3 Å². The smallest absolute Gasteiger partial charge is 0.227 e. The van der Waals surface area contributed by atoms with Gasteiger partial charge in [-0.3, -0.25) is 9.69 Å². The molecule has 1 atom stereocenters. The third kappa shape index (κ3) is 5.52. The normalized spacial score (nSPS) is 22.9. The van der Waals surface area contributed by atoms with Crippen LogP contribution in [0.1, 0.15) is 49.3 Å². The molecule has 1 unspecified atom stereocenters. The number of nitrogen functional groups attached to an aromatic ring is 1. The van der Waals surface area contributed by atoms with Crippen molar-refractivity contribution in [3.63, 3.8) is 0 Å². The van der Waals surface area contributed by atoms with Gasteiger partial charge in [-0.25, -0.2) is 14.6 Å². The number of anilines is 2. The Morgan fingerprint density at radius 2 is 1.70 bits per heavy atom. The molecule has 2 fully saturated rings. The van der Waals surface area contributed by atoms with E-state index < -0.39 is 0 Å². The van der Waals surface area contributed by atoms with Crippen molar-refractivity contribution in [2.24, 2.45) is 5.92 Å². The van der Waals surface area contributed by atoms with Crippen LogP contribution in [0.15, 0.2) is 48.8 Å². The van der Waals surface area contributed by atoms with Crippen molar-refractivity contribution >= 4 is 28.4 Å². The van der Waals surface area contributed by atoms with Crippen LogP contribution in [0.2, 0.25) is 0 Å². The second kappa shape index (κ2) is 12.2. The number of fused-ring (bicyclic) bond motifs is 2. The van der Waals surface area contributed by atoms with Crippen LogP contribution >= 0.6 is 0 Å². The van der Waals surface area contributed by atoms with Gasteiger partial charge in [0.2, 0.25) is 5.91 Å². The number of benzene rings is 2. The monoisotopic (exact) mass is 594 g/mol. The highest BCUT2D eigenvalue weighted by atomic mass is 16.5. The van der Waals surface area contributed by atoms with Gasteiger partial charge in [-0.2, -0.15) is 5.10 Å². The molecule has 4 aromatic rings. The molecule has 7 rings (SSSR count). The number of hydrogen-bond acceptors (Lipinski definition) is 8. The molecule has 0 radical (unpaired) electrons. The summed E-state index contributed by atoms with van der Waals surface area (Å²) >= 11 is 0. The molecule has 1 amide bonds. The van der Waals surface area contributed by atoms with Gasteiger partial charge >= 0.3 is 0 Å². The van der Waals surface area contributed by atoms with Crippen LogP contribution in [0.25, 0.3) is 22.3 Å². The van der Waals surface area contributed by atoms with Crippen LogP contribution in [-0.4, -0.2) is 81.8 Å². The molecule has 2 aromatic heterocycles. The Bertz CT molecular complexity index is 1650. The zero-order chi connectivity index (χ0) is 30.2. The predicted octanol–water partition coefficient (Wildman–Crippen LogP) is 4.56. The minimum Gasteiger partial charge on any atom is -0.495 e. The highest BCUT2D eigenvalue weighted by molar-refractivity contribution is 5.99. The van der Waals surface area contributed by atoms with Crippen LogP contribution in [0.4, 0.5) is 11.5 Å². The highest BCUT2D eigenvalue weighted by Crippen LogP contribution is 2.39. The van der Waals surface area contributed by atoms with E-state index in [9.17, 15) is 4.79 Å². The third-order valence-electron chi connectivity index (χ3n) is 10.0. The van der Waals surface area contributed by atoms with E-state index in [2.05, 4.69) is 55.0 Å². The molecule has 2 aromatic carbocycles. The summed E-state index contributed by atoms with van der Waals surface area (Å²) in [6, 6.07) is 15.1. The zero-order valence-electron chi connectivity index (χ0n) is 25.7. The number of methoxy groups -OCH3 is 1. The van der Waals surface area contributed by atoms with Crippen LogP contribution in [0.5, 0.6) is 5.75 Å². The van der Waals surface area contributed by atoms with Crippen molar-refractivity contribution in [1.82, 2.24) is 29.5 Å². The number of carbonyl (C=O) groups excluding carboxylic acids is 1. The van der Waals surface area contributed by atoms with Crippen molar-refractivity contribution in [2.75, 3.05) is 51.4 Å². The van der Waals surface area contributed by atoms with E-state index in [0.717, 1.165) is 93.4 Å². The molecule has 10 nitrogen and oxygen atoms in total. The number of rotatable bonds is 6. The van der Waals surface area contributed by atoms with E-state index in [-0.39, 0.29) is 17.9 Å². The quantitative estimate of drug-likeness (QED) is 0.334. The molecule has 0 bridgehead atoms. The van der Waals surface area contributed by atoms with Crippen molar-refractivity contribution < 1.29 is 9.53 Å². The molecular weight excluding hydrogens is 552 g/mol. The Morgan fingerprint density at radius 1 is 0.955 bits per heavy atom. The molecule has 44 heavy (non-hydrogen) atoms. The molecule has 3 heterocycles. The topological polar surface area (TPSA) is 114 Å². The second-order valence-corrected chi connectivity index (χ2v) is 12.7. The Kier molecular flexibility index (Phi) is 7.95. The van der Waals surface area contributed by atoms with Crippen LogP contribution in [0, 0.1) is 5.92 Å². The van der Waals surface area contributed by atoms with Gasteiger partial charge < -0.3 is 20.7 Å². The summed E-state index contributed by atoms with van der Waals surface area (Å²) in [6.07, 6.45) is 8.44. The van der Waals surface area contributed by atoms with Crippen molar-refractivity contribution in [3.8, 4) is 17.0 Å². The summed E-state index contributed by atoms with van der Waals surface area (Å²) in [4.78, 5) is 27.4. The Balaban J connectivity index is 1.11. The Labute approximate surface area is 258 Å². The number of nitrogens with one attached hydrogen (secondary N) is 1. The molecule has 230 valence electrons. The van der Waals surface area contributed by atoms with Gasteiger partial charge in [0, 0.05) is 43.7 Å². The predicted molar refractivity (Wildman–Crippen MR) is 173 cm³/mol. The lowest BCUT2D eigenvalue weighted by Crippen LogP contribution is -2.49. The maximum atomic E-state index is 13.3. The number of ether oxygens (including phenoxy) is 1. The Morgan fingerprint density at radius 3 is 2.48 bits per heavy atom. The van der Waals surface area contributed by atoms with E-state index in [0.29, 0.717) is 23.3 Å². The summed E-state index contributed by atoms with van der Waals surface area (Å²) < 4.78 is 7.85. The van der Waals surface area contributed by atoms with Crippen molar-refractivity contribution in [1.29, 1.82) is 0 Å². The standard InChI is InChI=1S/C34H42N8O2/c1-40-15-17-41(18-16-40)26-10-12-27(13-11-26)42-33-30(32(35)36-21-37-33)31(39-42)24-9-14-28(29(20-24)44-2)38-34(43)25-8-7-22-5-3-4-6-23(22)19-25/h3-6,9,14,20-21,25-27H,7-8,10-13,15-19H2,1-2H3,(H,38,43)(H2,35,36,37). The molecule has 3 N–H and O–H groups in total. The Hall–Kier alpha value is -4.02. The summed E-state index contributed by atoms with van der Waals surface area (Å²) in [5, 5.41) is 9.02. The first-order chi connectivity index (χ1) is 21.5. The van der Waals surface area contributed by atoms with Crippen LogP contribution < -0.4 is 15.8 Å². The first-order valence-electron chi connectivity index (χ1n) is 16.0. The number of aromatic nitrogens is 4. The third-order valence-corrected chi connectivity index (χ3v) is 10.0. The SMILES string of the molecule is COc1cc(-c2nn(C3CCC(N4CCN(C)CC4)CC3)c3ncnc(N)c23)ccc1NC(=O)C1CCc2ccccc2C1. The highest BCUT2D eigenvalue weighted by Gasteiger charge is 2.31. The lowest BCUT2D eigenvalue weighted by molar-refractivity contribution is -0.120. The number of amides is 1. The lowest BCUT2D eigenvalue weighted by atomic mass is 9.83. The number of piperazine rings is 1. The largest absolute Gasteiger partial charge is 0.495 e. The van der Waals surface area contributed by atoms with E-state index in [1.807, 2.05) is 24.3 Å². The fourth-order valence-electron chi connectivity index (χ4n) is 7.41. The molecule has 1 aliphatic heterocycles. The summed E-state index contributed by atoms with van der Waals surface area (Å²) in [6.45, 7) is 4.59. The maximum Gasteiger partial charge on any atom is 0.227 e. The number of aryl methyl sites for hydroxylation is 1. The van der Waals surface area contributed by atoms with E-state index in [1.165, 1.54) is 17.5 Å². The molecule has 1 saturated heterocycles. The first-order valence-corrected chi connectivity index (χ1v) is 16.0. The van der Waals surface area contributed by atoms with Gasteiger partial charge in [0.25, 0.3) is 0 Å². The van der Waals surface area contributed by atoms with E-state index in [4.69, 9.17) is 15.6 Å². The number of carbonyl (C=O) groups is 1. The fourth-order valence-corrected chi connectivity index (χ4v) is 7.41. The molecule has 3 aliphatic rings. The van der Waals surface area contributed by atoms with E-state index in [1.54, 1.807) is 7.11 Å². The summed E-state index contributed by atoms with van der Waals surface area (Å²) in [7, 11) is 3.83. The zero-order valence-corrected chi connectivity index (χ0v) is 25.7. The molecule has 2 aliphatic carbocycles. The average molecular weight is 595 g/mol. The maximum absolute atomic E-state index is 13.3. The molecule has 10 heteroatoms. The van der Waals surface area contributed by atoms with Gasteiger partial charge in [0.1, 0.15) is 23.6 Å². The molecule has 1 saturated carbocycles. The number of likely N-dealkylation sites (N-methyl/N-ethyl adjacent to an activating group) is 1. The molecule has 0 spiro atoms. The van der Waals surface area contributed by atoms with Gasteiger partial charge in [0.05, 0.1) is 24.2 Å². The number of hydrogen-bond donors (Lipinski definition) is 2. The van der Waals surface area contributed by atoms with E-state index >= 15 is 0 Å². The lowest BCUT2D eigenvalue weighted by Gasteiger charge is -2.41. The van der Waals surface area contributed by atoms with Gasteiger partial charge in [-0.15, -0.1) is 0 Å². The first kappa shape index (κ1) is 28.7. The minimum absolute atomic E-state index is 0.0186. The van der Waals surface area contributed by atoms with Crippen LogP contribution in [-0.2, 0) is 17.6 Å². The fraction of sp³-hybridized carbons (Fsp3) is 0.471. The summed E-state index contributed by atoms with van der Waals surface area (Å²) in [5.41, 5.74) is 12.1. The van der Waals surface area contributed by atoms with Gasteiger partial charge in [0.15, 0.2) is 5.65 Å². The van der Waals surface area contributed by atoms with Crippen LogP contribution in [0.3, 0.4) is 0 Å². The second-order valence-electron chi connectivity index (χ2n) is 12.7. The number of nitrogens with zero attached hydrogens (tertiary/aromatic N) is 6. The van der Waals surface area contributed by atoms with Crippen molar-refractivity contribution in [2.45, 2.75) is 57.0 Å².